The van der Waals surface area contributed by atoms with Gasteiger partial charge in [0, 0.05) is 0 Å². The maximum absolute atomic E-state index is 12.5. The predicted octanol–water partition coefficient (Wildman–Crippen LogP) is 1.29. The Morgan fingerprint density at radius 2 is 1.92 bits per heavy atom. The lowest BCUT2D eigenvalue weighted by atomic mass is 10.1. The molecule has 1 aromatic carbocycles. The van der Waals surface area contributed by atoms with Crippen molar-refractivity contribution in [1.82, 2.24) is 5.06 Å². The zero-order valence-electron chi connectivity index (χ0n) is 15.5. The maximum atomic E-state index is 12.5. The molecular formula is C18H25NO7. The van der Waals surface area contributed by atoms with Crippen molar-refractivity contribution in [3.05, 3.63) is 35.9 Å². The third-order valence-electron chi connectivity index (χ3n) is 3.89. The number of carbonyl (C=O) groups is 2. The van der Waals surface area contributed by atoms with Gasteiger partial charge in [0.05, 0.1) is 27.4 Å². The fraction of sp³-hybridized carbons (Fsp3) is 0.556. The quantitative estimate of drug-likeness (QED) is 0.502. The molecule has 0 amide bonds. The Kier molecular flexibility index (Phi) is 7.10. The highest BCUT2D eigenvalue weighted by Gasteiger charge is 2.44. The van der Waals surface area contributed by atoms with Crippen molar-refractivity contribution in [2.24, 2.45) is 0 Å². The lowest BCUT2D eigenvalue weighted by Gasteiger charge is -2.32. The average molecular weight is 367 g/mol. The number of carbonyl (C=O) groups excluding carboxylic acids is 2. The second kappa shape index (κ2) is 9.09. The van der Waals surface area contributed by atoms with E-state index in [2.05, 4.69) is 4.74 Å². The number of rotatable bonds is 8. The summed E-state index contributed by atoms with van der Waals surface area (Å²) in [6, 6.07) is 8.50. The number of hydrogen-bond donors (Lipinski definition) is 0. The third kappa shape index (κ3) is 5.50. The Morgan fingerprint density at radius 3 is 2.46 bits per heavy atom. The fourth-order valence-electron chi connectivity index (χ4n) is 2.63. The standard InChI is InChI=1S/C18H25NO7/c1-18(2)24-11-14(26-18)16(17(21)23-4)19(25-12-15(20)22-3)10-13-8-6-5-7-9-13/h5-9,14,16H,10-12H2,1-4H3/t14-,16-/m1/s1. The Balaban J connectivity index is 2.24. The Bertz CT molecular complexity index is 605. The van der Waals surface area contributed by atoms with E-state index < -0.39 is 29.9 Å². The van der Waals surface area contributed by atoms with Gasteiger partial charge in [-0.05, 0) is 19.4 Å². The van der Waals surface area contributed by atoms with Crippen LogP contribution in [0.3, 0.4) is 0 Å². The lowest BCUT2D eigenvalue weighted by Crippen LogP contribution is -2.51. The highest BCUT2D eigenvalue weighted by atomic mass is 16.8. The molecule has 1 aromatic rings. The summed E-state index contributed by atoms with van der Waals surface area (Å²) in [6.45, 7) is 3.63. The molecule has 2 atom stereocenters. The zero-order chi connectivity index (χ0) is 19.2. The van der Waals surface area contributed by atoms with Gasteiger partial charge >= 0.3 is 11.9 Å². The van der Waals surface area contributed by atoms with Gasteiger partial charge < -0.3 is 18.9 Å². The molecule has 0 radical (unpaired) electrons. The number of hydrogen-bond acceptors (Lipinski definition) is 8. The van der Waals surface area contributed by atoms with E-state index in [0.717, 1.165) is 5.56 Å². The van der Waals surface area contributed by atoms with Crippen molar-refractivity contribution in [3.8, 4) is 0 Å². The first-order valence-electron chi connectivity index (χ1n) is 8.26. The molecule has 0 aromatic heterocycles. The van der Waals surface area contributed by atoms with Crippen molar-refractivity contribution < 1.29 is 33.4 Å². The summed E-state index contributed by atoms with van der Waals surface area (Å²) < 4.78 is 20.9. The van der Waals surface area contributed by atoms with Crippen LogP contribution >= 0.6 is 0 Å². The molecule has 26 heavy (non-hydrogen) atoms. The monoisotopic (exact) mass is 367 g/mol. The van der Waals surface area contributed by atoms with Crippen molar-refractivity contribution in [1.29, 1.82) is 0 Å². The molecule has 0 saturated carbocycles. The van der Waals surface area contributed by atoms with E-state index in [-0.39, 0.29) is 19.8 Å². The second-order valence-corrected chi connectivity index (χ2v) is 6.25. The maximum Gasteiger partial charge on any atom is 0.333 e. The zero-order valence-corrected chi connectivity index (χ0v) is 15.5. The molecule has 2 rings (SSSR count). The van der Waals surface area contributed by atoms with Crippen molar-refractivity contribution in [2.75, 3.05) is 27.4 Å². The Labute approximate surface area is 152 Å². The van der Waals surface area contributed by atoms with Crippen LogP contribution in [0.1, 0.15) is 19.4 Å². The van der Waals surface area contributed by atoms with Gasteiger partial charge in [-0.3, -0.25) is 9.63 Å². The molecule has 0 unspecified atom stereocenters. The number of benzene rings is 1. The van der Waals surface area contributed by atoms with E-state index in [1.165, 1.54) is 19.3 Å². The van der Waals surface area contributed by atoms with Crippen LogP contribution < -0.4 is 0 Å². The van der Waals surface area contributed by atoms with Crippen LogP contribution in [-0.4, -0.2) is 62.4 Å². The molecule has 0 aliphatic carbocycles. The largest absolute Gasteiger partial charge is 0.468 e. The van der Waals surface area contributed by atoms with Gasteiger partial charge in [-0.1, -0.05) is 30.3 Å². The first kappa shape index (κ1) is 20.3. The van der Waals surface area contributed by atoms with Crippen LogP contribution in [0, 0.1) is 0 Å². The van der Waals surface area contributed by atoms with Crippen molar-refractivity contribution in [3.63, 3.8) is 0 Å². The topological polar surface area (TPSA) is 83.5 Å². The van der Waals surface area contributed by atoms with Gasteiger partial charge in [-0.2, -0.15) is 5.06 Å². The van der Waals surface area contributed by atoms with Crippen LogP contribution in [0.25, 0.3) is 0 Å². The van der Waals surface area contributed by atoms with E-state index in [4.69, 9.17) is 19.0 Å². The minimum atomic E-state index is -0.911. The summed E-state index contributed by atoms with van der Waals surface area (Å²) in [6.07, 6.45) is -0.612. The third-order valence-corrected chi connectivity index (χ3v) is 3.89. The van der Waals surface area contributed by atoms with E-state index in [1.54, 1.807) is 13.8 Å². The first-order chi connectivity index (χ1) is 12.4. The van der Waals surface area contributed by atoms with Crippen LogP contribution in [0.2, 0.25) is 0 Å². The van der Waals surface area contributed by atoms with Crippen molar-refractivity contribution in [2.45, 2.75) is 38.3 Å². The number of methoxy groups -OCH3 is 2. The number of nitrogens with zero attached hydrogens (tertiary/aromatic N) is 1. The smallest absolute Gasteiger partial charge is 0.333 e. The van der Waals surface area contributed by atoms with Gasteiger partial charge in [-0.25, -0.2) is 4.79 Å². The van der Waals surface area contributed by atoms with Gasteiger partial charge in [0.25, 0.3) is 0 Å². The minimum absolute atomic E-state index is 0.194. The molecule has 8 heteroatoms. The number of ether oxygens (including phenoxy) is 4. The molecule has 1 heterocycles. The van der Waals surface area contributed by atoms with Crippen LogP contribution in [0.4, 0.5) is 0 Å². The van der Waals surface area contributed by atoms with Gasteiger partial charge in [0.1, 0.15) is 6.10 Å². The highest BCUT2D eigenvalue weighted by molar-refractivity contribution is 5.76. The molecule has 1 fully saturated rings. The molecule has 0 N–H and O–H groups in total. The molecule has 8 nitrogen and oxygen atoms in total. The molecule has 1 saturated heterocycles. The minimum Gasteiger partial charge on any atom is -0.468 e. The van der Waals surface area contributed by atoms with Crippen LogP contribution in [0.5, 0.6) is 0 Å². The van der Waals surface area contributed by atoms with E-state index in [1.807, 2.05) is 30.3 Å². The summed E-state index contributed by atoms with van der Waals surface area (Å²) in [5, 5.41) is 1.38. The normalized spacial score (nSPS) is 20.0. The van der Waals surface area contributed by atoms with Gasteiger partial charge in [0.2, 0.25) is 0 Å². The summed E-state index contributed by atoms with van der Waals surface area (Å²) in [5.74, 6) is -1.93. The predicted molar refractivity (Wildman–Crippen MR) is 90.7 cm³/mol. The number of hydroxylamine groups is 2. The van der Waals surface area contributed by atoms with E-state index in [9.17, 15) is 9.59 Å². The molecule has 1 aliphatic heterocycles. The van der Waals surface area contributed by atoms with E-state index in [0.29, 0.717) is 0 Å². The lowest BCUT2D eigenvalue weighted by molar-refractivity contribution is -0.232. The van der Waals surface area contributed by atoms with Gasteiger partial charge in [0.15, 0.2) is 18.4 Å². The molecule has 0 bridgehead atoms. The SMILES string of the molecule is COC(=O)CON(Cc1ccccc1)[C@@H](C(=O)OC)[C@H]1COC(C)(C)O1. The number of esters is 2. The summed E-state index contributed by atoms with van der Waals surface area (Å²) in [5.41, 5.74) is 0.893. The molecular weight excluding hydrogens is 342 g/mol. The van der Waals surface area contributed by atoms with E-state index >= 15 is 0 Å². The summed E-state index contributed by atoms with van der Waals surface area (Å²) in [4.78, 5) is 29.6. The van der Waals surface area contributed by atoms with Crippen LogP contribution in [0.15, 0.2) is 30.3 Å². The Hall–Kier alpha value is -2.00. The summed E-state index contributed by atoms with van der Waals surface area (Å²) in [7, 11) is 2.55. The molecule has 144 valence electrons. The molecule has 1 aliphatic rings. The van der Waals surface area contributed by atoms with Crippen molar-refractivity contribution >= 4 is 11.9 Å². The Morgan fingerprint density at radius 1 is 1.23 bits per heavy atom. The second-order valence-electron chi connectivity index (χ2n) is 6.25. The van der Waals surface area contributed by atoms with Crippen LogP contribution in [-0.2, 0) is 39.9 Å². The highest BCUT2D eigenvalue weighted by Crippen LogP contribution is 2.27. The first-order valence-corrected chi connectivity index (χ1v) is 8.26. The van der Waals surface area contributed by atoms with Gasteiger partial charge in [-0.15, -0.1) is 0 Å². The average Bonchev–Trinajstić information content (AvgIpc) is 2.99. The fourth-order valence-corrected chi connectivity index (χ4v) is 2.63. The molecule has 0 spiro atoms. The summed E-state index contributed by atoms with van der Waals surface area (Å²) >= 11 is 0.